The van der Waals surface area contributed by atoms with Gasteiger partial charge in [-0.25, -0.2) is 4.98 Å². The lowest BCUT2D eigenvalue weighted by atomic mass is 9.94. The Labute approximate surface area is 243 Å². The zero-order valence-corrected chi connectivity index (χ0v) is 24.3. The summed E-state index contributed by atoms with van der Waals surface area (Å²) >= 11 is 1.35. The van der Waals surface area contributed by atoms with E-state index in [0.717, 1.165) is 33.5 Å². The van der Waals surface area contributed by atoms with Gasteiger partial charge in [0.1, 0.15) is 23.4 Å². The van der Waals surface area contributed by atoms with Gasteiger partial charge in [0.15, 0.2) is 5.13 Å². The SMILES string of the molecule is Cc1ccc2nc(N3C(=O)C(=O)/C(=C(\O)c4ccc5c(c4)CC(C)O5)C3c3cccc(OCCC(C)C)c3)sc2c1. The number of hydrogen-bond acceptors (Lipinski definition) is 7. The maximum absolute atomic E-state index is 13.7. The Morgan fingerprint density at radius 1 is 1.15 bits per heavy atom. The fraction of sp³-hybridized carbons (Fsp3) is 0.303. The third-order valence-electron chi connectivity index (χ3n) is 7.49. The van der Waals surface area contributed by atoms with Crippen molar-refractivity contribution < 1.29 is 24.2 Å². The molecular weight excluding hydrogens is 536 g/mol. The molecule has 41 heavy (non-hydrogen) atoms. The molecule has 210 valence electrons. The fourth-order valence-electron chi connectivity index (χ4n) is 5.38. The summed E-state index contributed by atoms with van der Waals surface area (Å²) in [4.78, 5) is 33.5. The van der Waals surface area contributed by atoms with Crippen LogP contribution in [0.2, 0.25) is 0 Å². The van der Waals surface area contributed by atoms with Gasteiger partial charge in [-0.2, -0.15) is 0 Å². The molecule has 1 saturated heterocycles. The summed E-state index contributed by atoms with van der Waals surface area (Å²) in [6, 6.07) is 17.8. The molecule has 0 bridgehead atoms. The number of aromatic nitrogens is 1. The first-order valence-electron chi connectivity index (χ1n) is 13.9. The number of hydrogen-bond donors (Lipinski definition) is 1. The van der Waals surface area contributed by atoms with Crippen LogP contribution in [0.15, 0.2) is 66.2 Å². The molecule has 0 radical (unpaired) electrons. The van der Waals surface area contributed by atoms with Crippen molar-refractivity contribution in [1.29, 1.82) is 0 Å². The summed E-state index contributed by atoms with van der Waals surface area (Å²) in [5, 5.41) is 12.0. The number of aryl methyl sites for hydroxylation is 1. The van der Waals surface area contributed by atoms with E-state index in [1.54, 1.807) is 12.1 Å². The molecule has 0 aliphatic carbocycles. The molecule has 4 aromatic rings. The second-order valence-corrected chi connectivity index (χ2v) is 12.2. The monoisotopic (exact) mass is 568 g/mol. The molecule has 3 heterocycles. The van der Waals surface area contributed by atoms with Crippen molar-refractivity contribution in [2.24, 2.45) is 5.92 Å². The first-order chi connectivity index (χ1) is 19.7. The van der Waals surface area contributed by atoms with Crippen LogP contribution in [0, 0.1) is 12.8 Å². The molecule has 1 aromatic heterocycles. The lowest BCUT2D eigenvalue weighted by Gasteiger charge is -2.23. The Morgan fingerprint density at radius 2 is 1.98 bits per heavy atom. The molecule has 7 nitrogen and oxygen atoms in total. The van der Waals surface area contributed by atoms with Gasteiger partial charge in [-0.15, -0.1) is 0 Å². The van der Waals surface area contributed by atoms with Crippen molar-refractivity contribution in [2.75, 3.05) is 11.5 Å². The van der Waals surface area contributed by atoms with E-state index in [-0.39, 0.29) is 17.4 Å². The van der Waals surface area contributed by atoms with Crippen LogP contribution in [0.1, 0.15) is 55.5 Å². The zero-order valence-electron chi connectivity index (χ0n) is 23.5. The first-order valence-corrected chi connectivity index (χ1v) is 14.7. The van der Waals surface area contributed by atoms with Crippen LogP contribution in [0.4, 0.5) is 5.13 Å². The van der Waals surface area contributed by atoms with E-state index in [0.29, 0.717) is 41.0 Å². The molecule has 1 amide bonds. The molecule has 3 aromatic carbocycles. The number of nitrogens with zero attached hydrogens (tertiary/aromatic N) is 2. The van der Waals surface area contributed by atoms with Gasteiger partial charge in [0, 0.05) is 12.0 Å². The Kier molecular flexibility index (Phi) is 7.03. The van der Waals surface area contributed by atoms with Crippen molar-refractivity contribution in [3.05, 3.63) is 88.5 Å². The van der Waals surface area contributed by atoms with Crippen LogP contribution < -0.4 is 14.4 Å². The van der Waals surface area contributed by atoms with Crippen LogP contribution in [-0.2, 0) is 16.0 Å². The highest BCUT2D eigenvalue weighted by molar-refractivity contribution is 7.22. The topological polar surface area (TPSA) is 89.0 Å². The number of anilines is 1. The standard InChI is InChI=1S/C33H32N2O5S/c1-18(2)12-13-39-24-7-5-6-21(17-24)29-28(30(36)22-9-11-26-23(16-22)15-20(4)40-26)31(37)32(38)35(29)33-34-25-10-8-19(3)14-27(25)41-33/h5-11,14,16-18,20,29,36H,12-13,15H2,1-4H3/b30-28-. The van der Waals surface area contributed by atoms with Crippen molar-refractivity contribution in [1.82, 2.24) is 4.98 Å². The predicted octanol–water partition coefficient (Wildman–Crippen LogP) is 6.98. The van der Waals surface area contributed by atoms with E-state index in [1.165, 1.54) is 16.2 Å². The first kappa shape index (κ1) is 27.0. The number of amides is 1. The van der Waals surface area contributed by atoms with Crippen molar-refractivity contribution >= 4 is 44.1 Å². The zero-order chi connectivity index (χ0) is 28.8. The number of ether oxygens (including phenoxy) is 2. The van der Waals surface area contributed by atoms with E-state index in [4.69, 9.17) is 14.5 Å². The van der Waals surface area contributed by atoms with Gasteiger partial charge in [-0.1, -0.05) is 43.4 Å². The van der Waals surface area contributed by atoms with E-state index >= 15 is 0 Å². The Morgan fingerprint density at radius 3 is 2.78 bits per heavy atom. The third kappa shape index (κ3) is 5.08. The minimum atomic E-state index is -0.881. The van der Waals surface area contributed by atoms with E-state index in [1.807, 2.05) is 62.4 Å². The Bertz CT molecular complexity index is 1710. The largest absolute Gasteiger partial charge is 0.507 e. The van der Waals surface area contributed by atoms with Gasteiger partial charge in [0.25, 0.3) is 5.78 Å². The normalized spacial score (nSPS) is 19.7. The average molecular weight is 569 g/mol. The summed E-state index contributed by atoms with van der Waals surface area (Å²) in [5.74, 6) is 0.199. The van der Waals surface area contributed by atoms with Gasteiger partial charge in [0.05, 0.1) is 28.4 Å². The molecule has 0 saturated carbocycles. The molecule has 2 aliphatic rings. The lowest BCUT2D eigenvalue weighted by molar-refractivity contribution is -0.132. The molecule has 8 heteroatoms. The van der Waals surface area contributed by atoms with E-state index in [9.17, 15) is 14.7 Å². The highest BCUT2D eigenvalue weighted by Crippen LogP contribution is 2.45. The number of fused-ring (bicyclic) bond motifs is 2. The summed E-state index contributed by atoms with van der Waals surface area (Å²) in [6.07, 6.45) is 1.64. The smallest absolute Gasteiger partial charge is 0.301 e. The van der Waals surface area contributed by atoms with Gasteiger partial charge < -0.3 is 14.6 Å². The minimum Gasteiger partial charge on any atom is -0.507 e. The van der Waals surface area contributed by atoms with Gasteiger partial charge in [-0.05, 0) is 85.3 Å². The molecule has 1 N–H and O–H groups in total. The van der Waals surface area contributed by atoms with Gasteiger partial charge >= 0.3 is 5.91 Å². The third-order valence-corrected chi connectivity index (χ3v) is 8.51. The maximum atomic E-state index is 13.7. The van der Waals surface area contributed by atoms with Crippen LogP contribution in [-0.4, -0.2) is 34.5 Å². The van der Waals surface area contributed by atoms with Gasteiger partial charge in [-0.3, -0.25) is 14.5 Å². The number of rotatable bonds is 7. The number of carbonyl (C=O) groups is 2. The highest BCUT2D eigenvalue weighted by Gasteiger charge is 2.48. The van der Waals surface area contributed by atoms with Crippen molar-refractivity contribution in [2.45, 2.75) is 52.7 Å². The van der Waals surface area contributed by atoms with Crippen LogP contribution in [0.5, 0.6) is 11.5 Å². The highest BCUT2D eigenvalue weighted by atomic mass is 32.1. The second kappa shape index (κ2) is 10.7. The molecule has 2 aliphatic heterocycles. The maximum Gasteiger partial charge on any atom is 0.301 e. The van der Waals surface area contributed by atoms with E-state index < -0.39 is 17.7 Å². The number of aliphatic hydroxyl groups is 1. The predicted molar refractivity (Wildman–Crippen MR) is 161 cm³/mol. The number of ketones is 1. The Balaban J connectivity index is 1.48. The molecule has 2 atom stereocenters. The van der Waals surface area contributed by atoms with Crippen LogP contribution in [0.25, 0.3) is 16.0 Å². The van der Waals surface area contributed by atoms with Crippen LogP contribution in [0.3, 0.4) is 0 Å². The van der Waals surface area contributed by atoms with Gasteiger partial charge in [0.2, 0.25) is 0 Å². The number of Topliss-reactive ketones (excluding diaryl/α,β-unsaturated/α-hetero) is 1. The van der Waals surface area contributed by atoms with Crippen molar-refractivity contribution in [3.63, 3.8) is 0 Å². The van der Waals surface area contributed by atoms with E-state index in [2.05, 4.69) is 13.8 Å². The average Bonchev–Trinajstić information content (AvgIpc) is 3.60. The molecule has 0 spiro atoms. The summed E-state index contributed by atoms with van der Waals surface area (Å²) < 4.78 is 12.8. The summed E-state index contributed by atoms with van der Waals surface area (Å²) in [6.45, 7) is 8.81. The van der Waals surface area contributed by atoms with Crippen molar-refractivity contribution in [3.8, 4) is 11.5 Å². The molecule has 1 fully saturated rings. The molecular formula is C33H32N2O5S. The summed E-state index contributed by atoms with van der Waals surface area (Å²) in [7, 11) is 0. The number of thiazole rings is 1. The van der Waals surface area contributed by atoms with Crippen LogP contribution >= 0.6 is 11.3 Å². The Hall–Kier alpha value is -4.17. The number of benzene rings is 3. The lowest BCUT2D eigenvalue weighted by Crippen LogP contribution is -2.29. The molecule has 6 rings (SSSR count). The second-order valence-electron chi connectivity index (χ2n) is 11.2. The molecule has 2 unspecified atom stereocenters. The quantitative estimate of drug-likeness (QED) is 0.147. The fourth-order valence-corrected chi connectivity index (χ4v) is 6.47. The minimum absolute atomic E-state index is 0.0247. The number of carbonyl (C=O) groups excluding carboxylic acids is 2. The summed E-state index contributed by atoms with van der Waals surface area (Å²) in [5.41, 5.74) is 3.92. The number of aliphatic hydroxyl groups excluding tert-OH is 1.